The Morgan fingerprint density at radius 2 is 1.80 bits per heavy atom. The number of pyridine rings is 1. The molecular formula is C23H29N2+. The van der Waals surface area contributed by atoms with E-state index in [2.05, 4.69) is 64.9 Å². The molecule has 2 aliphatic rings. The molecule has 0 amide bonds. The Hall–Kier alpha value is -2.09. The van der Waals surface area contributed by atoms with Crippen molar-refractivity contribution in [3.8, 4) is 0 Å². The van der Waals surface area contributed by atoms with Gasteiger partial charge in [0.1, 0.15) is 6.54 Å². The van der Waals surface area contributed by atoms with Gasteiger partial charge >= 0.3 is 0 Å². The summed E-state index contributed by atoms with van der Waals surface area (Å²) < 4.78 is 2.44. The van der Waals surface area contributed by atoms with Gasteiger partial charge in [-0.05, 0) is 69.2 Å². The monoisotopic (exact) mass is 333 g/mol. The van der Waals surface area contributed by atoms with Crippen LogP contribution in [0.4, 0.5) is 0 Å². The lowest BCUT2D eigenvalue weighted by Gasteiger charge is -2.33. The van der Waals surface area contributed by atoms with Crippen LogP contribution in [0.2, 0.25) is 0 Å². The largest absolute Gasteiger partial charge is 0.375 e. The van der Waals surface area contributed by atoms with Gasteiger partial charge in [0.15, 0.2) is 0 Å². The van der Waals surface area contributed by atoms with E-state index < -0.39 is 0 Å². The fraction of sp³-hybridized carbons (Fsp3) is 0.435. The van der Waals surface area contributed by atoms with Crippen molar-refractivity contribution in [1.29, 1.82) is 0 Å². The number of piperidine rings is 1. The first kappa shape index (κ1) is 16.4. The molecule has 1 aromatic heterocycles. The number of para-hydroxylation sites is 1. The zero-order valence-corrected chi connectivity index (χ0v) is 15.4. The number of nitrogens with zero attached hydrogens (tertiary/aromatic N) is 2. The Labute approximate surface area is 151 Å². The summed E-state index contributed by atoms with van der Waals surface area (Å²) in [6, 6.07) is 13.2. The minimum atomic E-state index is 1.00. The summed E-state index contributed by atoms with van der Waals surface area (Å²) in [6.45, 7) is 5.75. The molecule has 0 spiro atoms. The van der Waals surface area contributed by atoms with Crippen molar-refractivity contribution < 1.29 is 4.57 Å². The van der Waals surface area contributed by atoms with Crippen LogP contribution in [0.25, 0.3) is 17.0 Å². The van der Waals surface area contributed by atoms with Crippen LogP contribution in [0, 0.1) is 0 Å². The predicted molar refractivity (Wildman–Crippen MR) is 105 cm³/mol. The van der Waals surface area contributed by atoms with E-state index in [1.807, 2.05) is 0 Å². The molecular weight excluding hydrogens is 304 g/mol. The van der Waals surface area contributed by atoms with Gasteiger partial charge in [0.2, 0.25) is 11.2 Å². The van der Waals surface area contributed by atoms with Crippen LogP contribution in [0.3, 0.4) is 0 Å². The molecule has 2 nitrogen and oxygen atoms in total. The van der Waals surface area contributed by atoms with Gasteiger partial charge in [0.05, 0.1) is 0 Å². The van der Waals surface area contributed by atoms with E-state index >= 15 is 0 Å². The highest BCUT2D eigenvalue weighted by atomic mass is 15.1. The molecule has 4 rings (SSSR count). The minimum Gasteiger partial charge on any atom is -0.375 e. The normalized spacial score (nSPS) is 20.1. The highest BCUT2D eigenvalue weighted by Gasteiger charge is 2.18. The minimum absolute atomic E-state index is 1.00. The van der Waals surface area contributed by atoms with Gasteiger partial charge < -0.3 is 4.90 Å². The Kier molecular flexibility index (Phi) is 4.87. The average molecular weight is 333 g/mol. The number of rotatable bonds is 3. The van der Waals surface area contributed by atoms with Crippen molar-refractivity contribution in [3.05, 3.63) is 59.4 Å². The molecule has 2 heteroatoms. The van der Waals surface area contributed by atoms with Crippen molar-refractivity contribution >= 4 is 17.0 Å². The van der Waals surface area contributed by atoms with E-state index in [9.17, 15) is 0 Å². The molecule has 0 atom stereocenters. The van der Waals surface area contributed by atoms with E-state index in [-0.39, 0.29) is 0 Å². The molecule has 1 aliphatic carbocycles. The second-order valence-electron chi connectivity index (χ2n) is 7.32. The molecule has 0 radical (unpaired) electrons. The highest BCUT2D eigenvalue weighted by molar-refractivity contribution is 5.76. The topological polar surface area (TPSA) is 7.12 Å². The third kappa shape index (κ3) is 3.49. The van der Waals surface area contributed by atoms with Crippen molar-refractivity contribution in [3.63, 3.8) is 0 Å². The number of aromatic nitrogens is 1. The number of allylic oxidation sites excluding steroid dienone is 3. The summed E-state index contributed by atoms with van der Waals surface area (Å²) in [5.41, 5.74) is 5.72. The number of aryl methyl sites for hydroxylation is 1. The van der Waals surface area contributed by atoms with Gasteiger partial charge in [-0.1, -0.05) is 12.1 Å². The van der Waals surface area contributed by atoms with Crippen LogP contribution >= 0.6 is 0 Å². The first-order valence-corrected chi connectivity index (χ1v) is 9.93. The third-order valence-corrected chi connectivity index (χ3v) is 5.64. The van der Waals surface area contributed by atoms with Crippen LogP contribution in [0.5, 0.6) is 0 Å². The molecule has 1 saturated heterocycles. The maximum Gasteiger partial charge on any atom is 0.212 e. The molecule has 0 bridgehead atoms. The zero-order valence-electron chi connectivity index (χ0n) is 15.4. The standard InChI is InChI=1S/C23H29N2/c1-2-25-22(14-13-20-10-4-5-12-23(20)25)18-19-9-8-11-21(17-19)24-15-6-3-7-16-24/h4-5,10,12-14,17-18H,2-3,6-9,11,15-16H2,1H3/q+1. The van der Waals surface area contributed by atoms with E-state index in [0.29, 0.717) is 0 Å². The van der Waals surface area contributed by atoms with Crippen molar-refractivity contribution in [2.75, 3.05) is 13.1 Å². The quantitative estimate of drug-likeness (QED) is 0.710. The van der Waals surface area contributed by atoms with Gasteiger partial charge in [-0.2, -0.15) is 4.57 Å². The summed E-state index contributed by atoms with van der Waals surface area (Å²) >= 11 is 0. The maximum atomic E-state index is 2.63. The number of hydrogen-bond acceptors (Lipinski definition) is 1. The van der Waals surface area contributed by atoms with Crippen LogP contribution in [0.15, 0.2) is 53.7 Å². The van der Waals surface area contributed by atoms with Crippen molar-refractivity contribution in [2.45, 2.75) is 52.0 Å². The molecule has 0 unspecified atom stereocenters. The summed E-state index contributed by atoms with van der Waals surface area (Å²) in [6.07, 6.45) is 12.8. The third-order valence-electron chi connectivity index (χ3n) is 5.64. The van der Waals surface area contributed by atoms with Crippen LogP contribution < -0.4 is 4.57 Å². The summed E-state index contributed by atoms with van der Waals surface area (Å²) in [5.74, 6) is 0. The molecule has 2 aromatic rings. The number of hydrogen-bond donors (Lipinski definition) is 0. The SMILES string of the molecule is CC[n+]1c(/C=C2/C=C(N3CCCCC3)CCC2)ccc2ccccc21. The number of likely N-dealkylation sites (tertiary alicyclic amines) is 1. The van der Waals surface area contributed by atoms with E-state index in [0.717, 1.165) is 6.54 Å². The lowest BCUT2D eigenvalue weighted by Crippen LogP contribution is -2.36. The molecule has 2 heterocycles. The smallest absolute Gasteiger partial charge is 0.212 e. The van der Waals surface area contributed by atoms with Gasteiger partial charge in [0, 0.05) is 42.4 Å². The molecule has 130 valence electrons. The summed E-state index contributed by atoms with van der Waals surface area (Å²) in [5, 5.41) is 1.32. The Balaban J connectivity index is 1.68. The van der Waals surface area contributed by atoms with E-state index in [1.165, 1.54) is 73.8 Å². The van der Waals surface area contributed by atoms with Gasteiger partial charge in [0.25, 0.3) is 0 Å². The lowest BCUT2D eigenvalue weighted by molar-refractivity contribution is -0.669. The van der Waals surface area contributed by atoms with Crippen LogP contribution in [-0.4, -0.2) is 18.0 Å². The van der Waals surface area contributed by atoms with Crippen molar-refractivity contribution in [2.24, 2.45) is 0 Å². The summed E-state index contributed by atoms with van der Waals surface area (Å²) in [7, 11) is 0. The zero-order chi connectivity index (χ0) is 17.1. The predicted octanol–water partition coefficient (Wildman–Crippen LogP) is 5.08. The molecule has 1 fully saturated rings. The highest BCUT2D eigenvalue weighted by Crippen LogP contribution is 2.28. The number of fused-ring (bicyclic) bond motifs is 1. The van der Waals surface area contributed by atoms with Gasteiger partial charge in [-0.3, -0.25) is 0 Å². The second-order valence-corrected chi connectivity index (χ2v) is 7.32. The molecule has 1 aliphatic heterocycles. The fourth-order valence-electron chi connectivity index (χ4n) is 4.32. The Morgan fingerprint density at radius 1 is 0.960 bits per heavy atom. The second kappa shape index (κ2) is 7.43. The lowest BCUT2D eigenvalue weighted by atomic mass is 9.96. The fourth-order valence-corrected chi connectivity index (χ4v) is 4.32. The van der Waals surface area contributed by atoms with Crippen LogP contribution in [0.1, 0.15) is 51.1 Å². The molecule has 1 aromatic carbocycles. The maximum absolute atomic E-state index is 2.63. The summed E-state index contributed by atoms with van der Waals surface area (Å²) in [4.78, 5) is 2.63. The first-order valence-electron chi connectivity index (χ1n) is 9.93. The van der Waals surface area contributed by atoms with Gasteiger partial charge in [-0.15, -0.1) is 0 Å². The molecule has 0 saturated carbocycles. The Morgan fingerprint density at radius 3 is 2.64 bits per heavy atom. The molecule has 0 N–H and O–H groups in total. The van der Waals surface area contributed by atoms with Crippen molar-refractivity contribution in [1.82, 2.24) is 4.90 Å². The average Bonchev–Trinajstić information content (AvgIpc) is 2.69. The van der Waals surface area contributed by atoms with Crippen LogP contribution in [-0.2, 0) is 6.54 Å². The van der Waals surface area contributed by atoms with E-state index in [1.54, 1.807) is 5.70 Å². The first-order chi connectivity index (χ1) is 12.3. The van der Waals surface area contributed by atoms with Gasteiger partial charge in [-0.25, -0.2) is 0 Å². The van der Waals surface area contributed by atoms with E-state index in [4.69, 9.17) is 0 Å². The number of benzene rings is 1. The Bertz CT molecular complexity index is 810. The molecule has 25 heavy (non-hydrogen) atoms.